The lowest BCUT2D eigenvalue weighted by molar-refractivity contribution is -0.133. The van der Waals surface area contributed by atoms with Crippen molar-refractivity contribution in [1.82, 2.24) is 9.80 Å². The van der Waals surface area contributed by atoms with Gasteiger partial charge in [0.1, 0.15) is 0 Å². The van der Waals surface area contributed by atoms with Crippen molar-refractivity contribution < 1.29 is 4.79 Å². The minimum atomic E-state index is 0.325. The molecule has 22 heavy (non-hydrogen) atoms. The summed E-state index contributed by atoms with van der Waals surface area (Å²) >= 11 is 0. The first kappa shape index (κ1) is 17.0. The zero-order valence-corrected chi connectivity index (χ0v) is 14.3. The van der Waals surface area contributed by atoms with Crippen LogP contribution in [-0.4, -0.2) is 41.4 Å². The number of likely N-dealkylation sites (tertiary alicyclic amines) is 1. The van der Waals surface area contributed by atoms with Crippen molar-refractivity contribution in [3.8, 4) is 0 Å². The lowest BCUT2D eigenvalue weighted by Gasteiger charge is -2.32. The number of hydrogen-bond acceptors (Lipinski definition) is 2. The van der Waals surface area contributed by atoms with E-state index in [-0.39, 0.29) is 0 Å². The van der Waals surface area contributed by atoms with Crippen molar-refractivity contribution >= 4 is 5.91 Å². The molecule has 0 bridgehead atoms. The summed E-state index contributed by atoms with van der Waals surface area (Å²) in [4.78, 5) is 16.8. The first-order valence-electron chi connectivity index (χ1n) is 8.62. The molecule has 0 aliphatic carbocycles. The third-order valence-corrected chi connectivity index (χ3v) is 4.71. The van der Waals surface area contributed by atoms with E-state index in [1.165, 1.54) is 5.56 Å². The van der Waals surface area contributed by atoms with E-state index >= 15 is 0 Å². The van der Waals surface area contributed by atoms with Gasteiger partial charge in [-0.25, -0.2) is 0 Å². The van der Waals surface area contributed by atoms with E-state index in [9.17, 15) is 4.79 Å². The van der Waals surface area contributed by atoms with Gasteiger partial charge in [-0.3, -0.25) is 9.69 Å². The third-order valence-electron chi connectivity index (χ3n) is 4.71. The zero-order chi connectivity index (χ0) is 15.9. The van der Waals surface area contributed by atoms with Crippen LogP contribution in [0.15, 0.2) is 30.3 Å². The van der Waals surface area contributed by atoms with Crippen molar-refractivity contribution in [2.24, 2.45) is 5.92 Å². The molecule has 1 saturated heterocycles. The smallest absolute Gasteiger partial charge is 0.223 e. The SMILES string of the molecule is CC1CCN(C(=O)CCN(Cc2ccccc2)C(C)C)CC1. The molecular formula is C19H30N2O. The van der Waals surface area contributed by atoms with E-state index in [1.54, 1.807) is 0 Å². The molecule has 1 aliphatic rings. The van der Waals surface area contributed by atoms with Crippen LogP contribution in [0.2, 0.25) is 0 Å². The molecule has 3 nitrogen and oxygen atoms in total. The Balaban J connectivity index is 1.82. The highest BCUT2D eigenvalue weighted by molar-refractivity contribution is 5.76. The summed E-state index contributed by atoms with van der Waals surface area (Å²) in [7, 11) is 0. The topological polar surface area (TPSA) is 23.6 Å². The van der Waals surface area contributed by atoms with E-state index in [1.807, 2.05) is 6.07 Å². The van der Waals surface area contributed by atoms with Crippen LogP contribution >= 0.6 is 0 Å². The van der Waals surface area contributed by atoms with Gasteiger partial charge in [0, 0.05) is 38.6 Å². The Morgan fingerprint density at radius 1 is 1.23 bits per heavy atom. The monoisotopic (exact) mass is 302 g/mol. The largest absolute Gasteiger partial charge is 0.343 e. The van der Waals surface area contributed by atoms with Crippen molar-refractivity contribution in [1.29, 1.82) is 0 Å². The van der Waals surface area contributed by atoms with Crippen molar-refractivity contribution in [2.45, 2.75) is 52.6 Å². The Hall–Kier alpha value is -1.35. The molecule has 0 unspecified atom stereocenters. The highest BCUT2D eigenvalue weighted by atomic mass is 16.2. The number of hydrogen-bond donors (Lipinski definition) is 0. The van der Waals surface area contributed by atoms with Gasteiger partial charge in [0.05, 0.1) is 0 Å². The molecule has 1 aliphatic heterocycles. The summed E-state index contributed by atoms with van der Waals surface area (Å²) in [6, 6.07) is 11.0. The second-order valence-corrected chi connectivity index (χ2v) is 6.86. The number of piperidine rings is 1. The predicted octanol–water partition coefficient (Wildman–Crippen LogP) is 3.55. The molecule has 1 fully saturated rings. The zero-order valence-electron chi connectivity index (χ0n) is 14.3. The number of rotatable bonds is 6. The minimum Gasteiger partial charge on any atom is -0.343 e. The number of benzene rings is 1. The van der Waals surface area contributed by atoms with Crippen LogP contribution in [0.1, 0.15) is 45.6 Å². The summed E-state index contributed by atoms with van der Waals surface area (Å²) in [5.41, 5.74) is 1.32. The van der Waals surface area contributed by atoms with Gasteiger partial charge >= 0.3 is 0 Å². The standard InChI is InChI=1S/C19H30N2O/c1-16(2)21(15-18-7-5-4-6-8-18)14-11-19(22)20-12-9-17(3)10-13-20/h4-8,16-17H,9-15H2,1-3H3. The van der Waals surface area contributed by atoms with E-state index in [4.69, 9.17) is 0 Å². The maximum Gasteiger partial charge on any atom is 0.223 e. The maximum absolute atomic E-state index is 12.4. The Labute approximate surface area is 135 Å². The summed E-state index contributed by atoms with van der Waals surface area (Å²) in [6.07, 6.45) is 2.95. The summed E-state index contributed by atoms with van der Waals surface area (Å²) < 4.78 is 0. The second-order valence-electron chi connectivity index (χ2n) is 6.86. The van der Waals surface area contributed by atoms with Crippen LogP contribution in [0.5, 0.6) is 0 Å². The first-order valence-corrected chi connectivity index (χ1v) is 8.62. The molecular weight excluding hydrogens is 272 g/mol. The van der Waals surface area contributed by atoms with Crippen LogP contribution in [0.4, 0.5) is 0 Å². The third kappa shape index (κ3) is 5.13. The normalized spacial score (nSPS) is 16.5. The van der Waals surface area contributed by atoms with Crippen molar-refractivity contribution in [2.75, 3.05) is 19.6 Å². The molecule has 1 aromatic carbocycles. The number of carbonyl (C=O) groups is 1. The fourth-order valence-electron chi connectivity index (χ4n) is 2.99. The van der Waals surface area contributed by atoms with Crippen LogP contribution in [0.3, 0.4) is 0 Å². The summed E-state index contributed by atoms with van der Waals surface area (Å²) in [5.74, 6) is 1.10. The highest BCUT2D eigenvalue weighted by Crippen LogP contribution is 2.17. The number of carbonyl (C=O) groups excluding carboxylic acids is 1. The molecule has 0 saturated carbocycles. The van der Waals surface area contributed by atoms with Gasteiger partial charge in [0.25, 0.3) is 0 Å². The molecule has 3 heteroatoms. The molecule has 1 heterocycles. The quantitative estimate of drug-likeness (QED) is 0.802. The van der Waals surface area contributed by atoms with Gasteiger partial charge in [-0.15, -0.1) is 0 Å². The van der Waals surface area contributed by atoms with Gasteiger partial charge in [-0.2, -0.15) is 0 Å². The average molecular weight is 302 g/mol. The number of nitrogens with zero attached hydrogens (tertiary/aromatic N) is 2. The molecule has 1 aromatic rings. The van der Waals surface area contributed by atoms with Crippen LogP contribution < -0.4 is 0 Å². The first-order chi connectivity index (χ1) is 10.6. The maximum atomic E-state index is 12.4. The fourth-order valence-corrected chi connectivity index (χ4v) is 2.99. The molecule has 1 amide bonds. The minimum absolute atomic E-state index is 0.325. The molecule has 122 valence electrons. The van der Waals surface area contributed by atoms with E-state index in [0.29, 0.717) is 18.4 Å². The van der Waals surface area contributed by atoms with Crippen molar-refractivity contribution in [3.63, 3.8) is 0 Å². The Kier molecular flexibility index (Phi) is 6.44. The molecule has 0 spiro atoms. The van der Waals surface area contributed by atoms with E-state index < -0.39 is 0 Å². The van der Waals surface area contributed by atoms with Crippen LogP contribution in [0, 0.1) is 5.92 Å². The van der Waals surface area contributed by atoms with Gasteiger partial charge in [-0.1, -0.05) is 37.3 Å². The Bertz CT molecular complexity index is 450. The molecule has 2 rings (SSSR count). The van der Waals surface area contributed by atoms with Gasteiger partial charge in [0.2, 0.25) is 5.91 Å². The lowest BCUT2D eigenvalue weighted by atomic mass is 9.99. The van der Waals surface area contributed by atoms with Gasteiger partial charge in [0.15, 0.2) is 0 Å². The number of amides is 1. The van der Waals surface area contributed by atoms with Crippen LogP contribution in [-0.2, 0) is 11.3 Å². The predicted molar refractivity (Wildman–Crippen MR) is 91.6 cm³/mol. The molecule has 0 atom stereocenters. The van der Waals surface area contributed by atoms with E-state index in [2.05, 4.69) is 54.8 Å². The molecule has 0 N–H and O–H groups in total. The van der Waals surface area contributed by atoms with Crippen LogP contribution in [0.25, 0.3) is 0 Å². The second kappa shape index (κ2) is 8.33. The highest BCUT2D eigenvalue weighted by Gasteiger charge is 2.21. The van der Waals surface area contributed by atoms with Crippen molar-refractivity contribution in [3.05, 3.63) is 35.9 Å². The average Bonchev–Trinajstić information content (AvgIpc) is 2.52. The lowest BCUT2D eigenvalue weighted by Crippen LogP contribution is -2.40. The summed E-state index contributed by atoms with van der Waals surface area (Å²) in [6.45, 7) is 10.3. The van der Waals surface area contributed by atoms with E-state index in [0.717, 1.165) is 44.9 Å². The summed E-state index contributed by atoms with van der Waals surface area (Å²) in [5, 5.41) is 0. The Morgan fingerprint density at radius 3 is 2.45 bits per heavy atom. The van der Waals surface area contributed by atoms with Gasteiger partial charge < -0.3 is 4.90 Å². The fraction of sp³-hybridized carbons (Fsp3) is 0.632. The molecule has 0 aromatic heterocycles. The molecule has 0 radical (unpaired) electrons. The van der Waals surface area contributed by atoms with Gasteiger partial charge in [-0.05, 0) is 38.2 Å². The Morgan fingerprint density at radius 2 is 1.86 bits per heavy atom.